The molecule has 8 heteroatoms. The van der Waals surface area contributed by atoms with E-state index < -0.39 is 5.60 Å². The lowest BCUT2D eigenvalue weighted by molar-refractivity contribution is 0.0465. The molecule has 2 N–H and O–H groups in total. The van der Waals surface area contributed by atoms with E-state index in [0.717, 1.165) is 80.7 Å². The molecular formula is C31H42FN3O4. The minimum Gasteiger partial charge on any atom is -0.461 e. The molecule has 1 saturated heterocycles. The zero-order valence-electron chi connectivity index (χ0n) is 23.4. The summed E-state index contributed by atoms with van der Waals surface area (Å²) in [6, 6.07) is 15.2. The average molecular weight is 540 g/mol. The molecule has 3 aromatic rings. The van der Waals surface area contributed by atoms with Gasteiger partial charge in [0.1, 0.15) is 22.8 Å². The van der Waals surface area contributed by atoms with Crippen molar-refractivity contribution in [2.45, 2.75) is 64.6 Å². The molecule has 0 aliphatic carbocycles. The fourth-order valence-corrected chi connectivity index (χ4v) is 4.73. The predicted octanol–water partition coefficient (Wildman–Crippen LogP) is 5.45. The molecule has 0 atom stereocenters. The number of fused-ring (bicyclic) bond motifs is 1. The van der Waals surface area contributed by atoms with Crippen LogP contribution in [-0.2, 0) is 28.9 Å². The highest BCUT2D eigenvalue weighted by atomic mass is 19.1. The molecule has 1 aromatic heterocycles. The van der Waals surface area contributed by atoms with Crippen LogP contribution in [0.2, 0.25) is 0 Å². The number of likely N-dealkylation sites (tertiary alicyclic amines) is 1. The van der Waals surface area contributed by atoms with Crippen LogP contribution in [0, 0.1) is 5.82 Å². The Balaban J connectivity index is 1.06. The first-order valence-corrected chi connectivity index (χ1v) is 14.0. The van der Waals surface area contributed by atoms with Crippen molar-refractivity contribution in [3.63, 3.8) is 0 Å². The van der Waals surface area contributed by atoms with Crippen LogP contribution in [0.5, 0.6) is 0 Å². The monoisotopic (exact) mass is 539 g/mol. The third-order valence-electron chi connectivity index (χ3n) is 6.82. The van der Waals surface area contributed by atoms with Gasteiger partial charge in [-0.05, 0) is 75.4 Å². The lowest BCUT2D eigenvalue weighted by atomic mass is 10.1. The number of alkyl carbamates (subject to hydrolysis) is 1. The van der Waals surface area contributed by atoms with Crippen LogP contribution >= 0.6 is 0 Å². The molecule has 1 fully saturated rings. The highest BCUT2D eigenvalue weighted by molar-refractivity contribution is 5.78. The molecule has 1 aliphatic heterocycles. The first kappa shape index (κ1) is 29.1. The second kappa shape index (κ2) is 13.9. The summed E-state index contributed by atoms with van der Waals surface area (Å²) < 4.78 is 30.3. The van der Waals surface area contributed by atoms with E-state index >= 15 is 0 Å². The Hall–Kier alpha value is -2.94. The molecule has 0 unspecified atom stereocenters. The summed E-state index contributed by atoms with van der Waals surface area (Å²) >= 11 is 0. The second-order valence-corrected chi connectivity index (χ2v) is 11.3. The van der Waals surface area contributed by atoms with Gasteiger partial charge in [0.2, 0.25) is 0 Å². The summed E-state index contributed by atoms with van der Waals surface area (Å²) in [5.41, 5.74) is 2.69. The number of nitrogens with zero attached hydrogens (tertiary/aromatic N) is 1. The Morgan fingerprint density at radius 2 is 1.77 bits per heavy atom. The molecule has 39 heavy (non-hydrogen) atoms. The number of furan rings is 1. The van der Waals surface area contributed by atoms with Gasteiger partial charge in [-0.2, -0.15) is 0 Å². The number of rotatable bonds is 12. The van der Waals surface area contributed by atoms with Crippen molar-refractivity contribution < 1.29 is 23.1 Å². The van der Waals surface area contributed by atoms with E-state index in [9.17, 15) is 9.18 Å². The number of aryl methyl sites for hydroxylation is 2. The number of amides is 1. The highest BCUT2D eigenvalue weighted by Gasteiger charge is 2.23. The molecule has 2 aromatic carbocycles. The Labute approximate surface area is 231 Å². The van der Waals surface area contributed by atoms with Crippen LogP contribution in [0.1, 0.15) is 50.5 Å². The maximum absolute atomic E-state index is 13.1. The lowest BCUT2D eigenvalue weighted by Gasteiger charge is -2.32. The highest BCUT2D eigenvalue weighted by Crippen LogP contribution is 2.22. The van der Waals surface area contributed by atoms with Gasteiger partial charge < -0.3 is 29.4 Å². The zero-order valence-corrected chi connectivity index (χ0v) is 23.4. The number of hydrogen-bond acceptors (Lipinski definition) is 6. The van der Waals surface area contributed by atoms with E-state index in [-0.39, 0.29) is 18.0 Å². The zero-order chi connectivity index (χ0) is 27.7. The van der Waals surface area contributed by atoms with Crippen LogP contribution < -0.4 is 10.6 Å². The fraction of sp³-hybridized carbons (Fsp3) is 0.516. The van der Waals surface area contributed by atoms with Crippen LogP contribution in [0.15, 0.2) is 52.9 Å². The van der Waals surface area contributed by atoms with Crippen molar-refractivity contribution in [3.8, 4) is 0 Å². The van der Waals surface area contributed by atoms with Crippen LogP contribution in [-0.4, -0.2) is 62.0 Å². The molecule has 7 nitrogen and oxygen atoms in total. The van der Waals surface area contributed by atoms with E-state index in [4.69, 9.17) is 13.9 Å². The topological polar surface area (TPSA) is 76.0 Å². The number of piperidine rings is 1. The van der Waals surface area contributed by atoms with Crippen molar-refractivity contribution in [2.75, 3.05) is 39.4 Å². The van der Waals surface area contributed by atoms with Gasteiger partial charge in [0.25, 0.3) is 0 Å². The van der Waals surface area contributed by atoms with Crippen molar-refractivity contribution in [2.24, 2.45) is 0 Å². The van der Waals surface area contributed by atoms with Gasteiger partial charge in [0.15, 0.2) is 0 Å². The maximum Gasteiger partial charge on any atom is 0.407 e. The second-order valence-electron chi connectivity index (χ2n) is 11.3. The summed E-state index contributed by atoms with van der Waals surface area (Å²) in [5, 5.41) is 7.52. The first-order chi connectivity index (χ1) is 18.7. The van der Waals surface area contributed by atoms with Gasteiger partial charge >= 0.3 is 6.09 Å². The van der Waals surface area contributed by atoms with Crippen molar-refractivity contribution in [3.05, 3.63) is 71.2 Å². The van der Waals surface area contributed by atoms with Gasteiger partial charge in [0, 0.05) is 50.6 Å². The third-order valence-corrected chi connectivity index (χ3v) is 6.82. The number of halogens is 1. The SMILES string of the molecule is CC(C)(C)OC(=O)NC1CCN(CCOCCNCc2ccc3cc(CCc4ccc(F)cc4)oc3c2)CC1. The van der Waals surface area contributed by atoms with Crippen molar-refractivity contribution >= 4 is 17.1 Å². The standard InChI is InChI=1S/C31H42FN3O4/c1-31(2,3)39-30(36)34-27-12-15-35(16-13-27)17-19-37-18-14-33-22-24-4-8-25-21-28(38-29(25)20-24)11-7-23-5-9-26(32)10-6-23/h4-6,8-10,20-21,27,33H,7,11-19,22H2,1-3H3,(H,34,36). The summed E-state index contributed by atoms with van der Waals surface area (Å²) in [6.07, 6.45) is 3.13. The minimum absolute atomic E-state index is 0.176. The van der Waals surface area contributed by atoms with Crippen LogP contribution in [0.3, 0.4) is 0 Å². The molecule has 4 rings (SSSR count). The van der Waals surface area contributed by atoms with Gasteiger partial charge in [-0.3, -0.25) is 0 Å². The molecule has 1 aliphatic rings. The number of benzene rings is 2. The molecule has 212 valence electrons. The number of ether oxygens (including phenoxy) is 2. The lowest BCUT2D eigenvalue weighted by Crippen LogP contribution is -2.46. The van der Waals surface area contributed by atoms with Crippen LogP contribution in [0.25, 0.3) is 11.0 Å². The third kappa shape index (κ3) is 9.95. The number of carbonyl (C=O) groups excluding carboxylic acids is 1. The van der Waals surface area contributed by atoms with E-state index in [1.807, 2.05) is 32.9 Å². The summed E-state index contributed by atoms with van der Waals surface area (Å²) in [5.74, 6) is 0.731. The van der Waals surface area contributed by atoms with Crippen molar-refractivity contribution in [1.29, 1.82) is 0 Å². The minimum atomic E-state index is -0.470. The Bertz CT molecular complexity index is 1180. The normalized spacial score (nSPS) is 15.1. The van der Waals surface area contributed by atoms with Gasteiger partial charge in [-0.1, -0.05) is 24.3 Å². The molecule has 0 bridgehead atoms. The molecule has 0 spiro atoms. The Morgan fingerprint density at radius 1 is 1.03 bits per heavy atom. The average Bonchev–Trinajstić information content (AvgIpc) is 3.30. The van der Waals surface area contributed by atoms with E-state index in [2.05, 4.69) is 39.8 Å². The molecular weight excluding hydrogens is 497 g/mol. The van der Waals surface area contributed by atoms with Gasteiger partial charge in [-0.15, -0.1) is 0 Å². The Kier molecular flexibility index (Phi) is 10.4. The molecule has 2 heterocycles. The number of carbonyl (C=O) groups is 1. The van der Waals surface area contributed by atoms with Gasteiger partial charge in [0.05, 0.1) is 13.2 Å². The summed E-state index contributed by atoms with van der Waals surface area (Å²) in [6.45, 7) is 11.3. The van der Waals surface area contributed by atoms with Crippen molar-refractivity contribution in [1.82, 2.24) is 15.5 Å². The van der Waals surface area contributed by atoms with E-state index in [1.165, 1.54) is 17.7 Å². The summed E-state index contributed by atoms with van der Waals surface area (Å²) in [4.78, 5) is 14.3. The largest absolute Gasteiger partial charge is 0.461 e. The van der Waals surface area contributed by atoms with E-state index in [1.54, 1.807) is 0 Å². The Morgan fingerprint density at radius 3 is 2.51 bits per heavy atom. The molecule has 1 amide bonds. The quantitative estimate of drug-likeness (QED) is 0.298. The maximum atomic E-state index is 13.1. The fourth-order valence-electron chi connectivity index (χ4n) is 4.73. The molecule has 0 saturated carbocycles. The molecule has 0 radical (unpaired) electrons. The number of hydrogen-bond donors (Lipinski definition) is 2. The predicted molar refractivity (Wildman–Crippen MR) is 151 cm³/mol. The number of nitrogens with one attached hydrogen (secondary N) is 2. The smallest absolute Gasteiger partial charge is 0.407 e. The van der Waals surface area contributed by atoms with E-state index in [0.29, 0.717) is 13.2 Å². The summed E-state index contributed by atoms with van der Waals surface area (Å²) in [7, 11) is 0. The van der Waals surface area contributed by atoms with Crippen LogP contribution in [0.4, 0.5) is 9.18 Å². The van der Waals surface area contributed by atoms with Gasteiger partial charge in [-0.25, -0.2) is 9.18 Å². The first-order valence-electron chi connectivity index (χ1n) is 14.0.